The molecule has 1 fully saturated rings. The Bertz CT molecular complexity index is 595. The van der Waals surface area contributed by atoms with E-state index in [1.54, 1.807) is 7.05 Å². The van der Waals surface area contributed by atoms with Crippen LogP contribution in [0.3, 0.4) is 0 Å². The van der Waals surface area contributed by atoms with Crippen LogP contribution in [0.4, 0.5) is 0 Å². The second-order valence-corrected chi connectivity index (χ2v) is 7.06. The number of aryl methyl sites for hydroxylation is 3. The summed E-state index contributed by atoms with van der Waals surface area (Å²) in [7, 11) is 1.76. The van der Waals surface area contributed by atoms with Crippen molar-refractivity contribution < 1.29 is 4.79 Å². The molecule has 154 valence electrons. The molecule has 1 amide bonds. The van der Waals surface area contributed by atoms with E-state index in [9.17, 15) is 4.79 Å². The molecule has 1 aliphatic rings. The first-order chi connectivity index (χ1) is 12.6. The normalized spacial score (nSPS) is 15.1. The molecule has 1 aromatic heterocycles. The molecule has 0 unspecified atom stereocenters. The van der Waals surface area contributed by atoms with Crippen molar-refractivity contribution in [3.63, 3.8) is 0 Å². The maximum atomic E-state index is 12.1. The fraction of sp³-hybridized carbons (Fsp3) is 0.737. The Morgan fingerprint density at radius 1 is 1.15 bits per heavy atom. The number of guanidine groups is 1. The van der Waals surface area contributed by atoms with Crippen molar-refractivity contribution in [1.82, 2.24) is 25.7 Å². The van der Waals surface area contributed by atoms with Gasteiger partial charge in [0.2, 0.25) is 5.91 Å². The predicted octanol–water partition coefficient (Wildman–Crippen LogP) is 2.37. The summed E-state index contributed by atoms with van der Waals surface area (Å²) in [6, 6.07) is 2.09. The lowest BCUT2D eigenvalue weighted by Crippen LogP contribution is -2.43. The van der Waals surface area contributed by atoms with E-state index in [2.05, 4.69) is 39.0 Å². The van der Waals surface area contributed by atoms with Gasteiger partial charge in [0.15, 0.2) is 5.96 Å². The quantitative estimate of drug-likeness (QED) is 0.226. The highest BCUT2D eigenvalue weighted by molar-refractivity contribution is 14.0. The first-order valence-electron chi connectivity index (χ1n) is 9.83. The molecule has 8 heteroatoms. The van der Waals surface area contributed by atoms with Crippen molar-refractivity contribution >= 4 is 35.8 Å². The SMILES string of the molecule is CN=C(NCCCn1nc(C)cc1C)NCCNC(=O)C1CCCCC1.I. The van der Waals surface area contributed by atoms with Gasteiger partial charge in [-0.15, -0.1) is 24.0 Å². The minimum absolute atomic E-state index is 0. The monoisotopic (exact) mass is 490 g/mol. The first kappa shape index (κ1) is 23.7. The number of rotatable bonds is 8. The van der Waals surface area contributed by atoms with Crippen LogP contribution in [0.5, 0.6) is 0 Å². The topological polar surface area (TPSA) is 83.3 Å². The summed E-state index contributed by atoms with van der Waals surface area (Å²) in [5.41, 5.74) is 2.25. The van der Waals surface area contributed by atoms with E-state index in [0.29, 0.717) is 13.1 Å². The molecule has 2 rings (SSSR count). The molecule has 1 aliphatic carbocycles. The number of amides is 1. The molecule has 1 aromatic rings. The van der Waals surface area contributed by atoms with E-state index in [1.807, 2.05) is 11.6 Å². The average molecular weight is 490 g/mol. The number of halogens is 1. The van der Waals surface area contributed by atoms with Gasteiger partial charge >= 0.3 is 0 Å². The number of hydrogen-bond acceptors (Lipinski definition) is 3. The third-order valence-electron chi connectivity index (χ3n) is 4.86. The summed E-state index contributed by atoms with van der Waals surface area (Å²) < 4.78 is 2.04. The smallest absolute Gasteiger partial charge is 0.223 e. The van der Waals surface area contributed by atoms with Gasteiger partial charge in [0.1, 0.15) is 0 Å². The van der Waals surface area contributed by atoms with E-state index < -0.39 is 0 Å². The number of carbonyl (C=O) groups excluding carboxylic acids is 1. The zero-order valence-corrected chi connectivity index (χ0v) is 19.2. The first-order valence-corrected chi connectivity index (χ1v) is 9.83. The third kappa shape index (κ3) is 8.49. The van der Waals surface area contributed by atoms with Crippen molar-refractivity contribution in [3.05, 3.63) is 17.5 Å². The van der Waals surface area contributed by atoms with Crippen LogP contribution < -0.4 is 16.0 Å². The predicted molar refractivity (Wildman–Crippen MR) is 121 cm³/mol. The minimum Gasteiger partial charge on any atom is -0.356 e. The molecule has 0 atom stereocenters. The van der Waals surface area contributed by atoms with Crippen LogP contribution >= 0.6 is 24.0 Å². The number of nitrogens with zero attached hydrogens (tertiary/aromatic N) is 3. The van der Waals surface area contributed by atoms with Crippen molar-refractivity contribution in [3.8, 4) is 0 Å². The van der Waals surface area contributed by atoms with E-state index in [0.717, 1.165) is 44.0 Å². The molecule has 7 nitrogen and oxygen atoms in total. The van der Waals surface area contributed by atoms with Crippen LogP contribution in [0.1, 0.15) is 49.9 Å². The van der Waals surface area contributed by atoms with Gasteiger partial charge in [0, 0.05) is 44.8 Å². The van der Waals surface area contributed by atoms with Gasteiger partial charge in [-0.05, 0) is 39.2 Å². The molecule has 0 radical (unpaired) electrons. The maximum Gasteiger partial charge on any atom is 0.223 e. The molecule has 0 aliphatic heterocycles. The summed E-state index contributed by atoms with van der Waals surface area (Å²) in [6.07, 6.45) is 6.69. The number of aliphatic imine (C=N–C) groups is 1. The Labute approximate surface area is 180 Å². The molecule has 0 bridgehead atoms. The molecular weight excluding hydrogens is 455 g/mol. The number of carbonyl (C=O) groups is 1. The van der Waals surface area contributed by atoms with Gasteiger partial charge in [-0.25, -0.2) is 0 Å². The lowest BCUT2D eigenvalue weighted by atomic mass is 9.89. The van der Waals surface area contributed by atoms with Crippen molar-refractivity contribution in [1.29, 1.82) is 0 Å². The largest absolute Gasteiger partial charge is 0.356 e. The Hall–Kier alpha value is -1.32. The van der Waals surface area contributed by atoms with Crippen molar-refractivity contribution in [2.45, 2.75) is 58.9 Å². The fourth-order valence-electron chi connectivity index (χ4n) is 3.43. The van der Waals surface area contributed by atoms with Crippen LogP contribution in [0.2, 0.25) is 0 Å². The summed E-state index contributed by atoms with van der Waals surface area (Å²) in [5.74, 6) is 1.19. The van der Waals surface area contributed by atoms with Crippen molar-refractivity contribution in [2.75, 3.05) is 26.7 Å². The number of nitrogens with one attached hydrogen (secondary N) is 3. The lowest BCUT2D eigenvalue weighted by molar-refractivity contribution is -0.125. The summed E-state index contributed by atoms with van der Waals surface area (Å²) in [6.45, 7) is 7.11. The second kappa shape index (κ2) is 13.0. The van der Waals surface area contributed by atoms with Gasteiger partial charge < -0.3 is 16.0 Å². The van der Waals surface area contributed by atoms with E-state index in [4.69, 9.17) is 0 Å². The minimum atomic E-state index is 0. The van der Waals surface area contributed by atoms with Crippen LogP contribution in [0.25, 0.3) is 0 Å². The van der Waals surface area contributed by atoms with E-state index >= 15 is 0 Å². The molecule has 1 saturated carbocycles. The zero-order chi connectivity index (χ0) is 18.8. The molecular formula is C19H35IN6O. The lowest BCUT2D eigenvalue weighted by Gasteiger charge is -2.21. The summed E-state index contributed by atoms with van der Waals surface area (Å²) in [4.78, 5) is 16.3. The third-order valence-corrected chi connectivity index (χ3v) is 4.86. The standard InChI is InChI=1S/C19H34N6O.HI/c1-15-14-16(2)25(24-15)13-7-10-22-19(20-3)23-12-11-21-18(26)17-8-5-4-6-9-17;/h14,17H,4-13H2,1-3H3,(H,21,26)(H2,20,22,23);1H. The molecule has 3 N–H and O–H groups in total. The molecule has 0 spiro atoms. The Morgan fingerprint density at radius 2 is 1.81 bits per heavy atom. The van der Waals surface area contributed by atoms with Gasteiger partial charge in [-0.3, -0.25) is 14.5 Å². The van der Waals surface area contributed by atoms with Gasteiger partial charge in [-0.2, -0.15) is 5.10 Å². The number of hydrogen-bond donors (Lipinski definition) is 3. The van der Waals surface area contributed by atoms with Crippen molar-refractivity contribution in [2.24, 2.45) is 10.9 Å². The van der Waals surface area contributed by atoms with E-state index in [-0.39, 0.29) is 35.8 Å². The highest BCUT2D eigenvalue weighted by Crippen LogP contribution is 2.23. The van der Waals surface area contributed by atoms with Crippen LogP contribution in [-0.2, 0) is 11.3 Å². The Morgan fingerprint density at radius 3 is 2.44 bits per heavy atom. The maximum absolute atomic E-state index is 12.1. The average Bonchev–Trinajstić information content (AvgIpc) is 2.98. The highest BCUT2D eigenvalue weighted by Gasteiger charge is 2.20. The van der Waals surface area contributed by atoms with Crippen LogP contribution in [-0.4, -0.2) is 48.3 Å². The second-order valence-electron chi connectivity index (χ2n) is 7.06. The summed E-state index contributed by atoms with van der Waals surface area (Å²) >= 11 is 0. The van der Waals surface area contributed by atoms with Crippen LogP contribution in [0.15, 0.2) is 11.1 Å². The van der Waals surface area contributed by atoms with Crippen LogP contribution in [0, 0.1) is 19.8 Å². The van der Waals surface area contributed by atoms with Gasteiger partial charge in [0.25, 0.3) is 0 Å². The molecule has 1 heterocycles. The zero-order valence-electron chi connectivity index (χ0n) is 16.9. The molecule has 0 saturated heterocycles. The van der Waals surface area contributed by atoms with Gasteiger partial charge in [-0.1, -0.05) is 19.3 Å². The Kier molecular flexibility index (Phi) is 11.4. The highest BCUT2D eigenvalue weighted by atomic mass is 127. The fourth-order valence-corrected chi connectivity index (χ4v) is 3.43. The van der Waals surface area contributed by atoms with E-state index in [1.165, 1.54) is 25.0 Å². The molecule has 0 aromatic carbocycles. The molecule has 27 heavy (non-hydrogen) atoms. The Balaban J connectivity index is 0.00000364. The summed E-state index contributed by atoms with van der Waals surface area (Å²) in [5, 5.41) is 14.0. The number of aromatic nitrogens is 2. The van der Waals surface area contributed by atoms with Gasteiger partial charge in [0.05, 0.1) is 5.69 Å².